The van der Waals surface area contributed by atoms with Gasteiger partial charge >= 0.3 is 0 Å². The van der Waals surface area contributed by atoms with Gasteiger partial charge in [0.15, 0.2) is 0 Å². The zero-order valence-electron chi connectivity index (χ0n) is 29.2. The molecule has 0 aliphatic rings. The van der Waals surface area contributed by atoms with E-state index in [0.29, 0.717) is 0 Å². The molecule has 1 atom stereocenters. The number of aliphatic hydroxyl groups excluding tert-OH is 1. The molecule has 4 nitrogen and oxygen atoms in total. The Morgan fingerprint density at radius 2 is 0.932 bits per heavy atom. The summed E-state index contributed by atoms with van der Waals surface area (Å²) in [4.78, 5) is 0. The van der Waals surface area contributed by atoms with E-state index >= 15 is 0 Å². The van der Waals surface area contributed by atoms with E-state index in [2.05, 4.69) is 70.9 Å². The number of hydrogen-bond acceptors (Lipinski definition) is 4. The van der Waals surface area contributed by atoms with Crippen molar-refractivity contribution in [2.45, 2.75) is 76.7 Å². The Bertz CT molecular complexity index is 639. The highest BCUT2D eigenvalue weighted by molar-refractivity contribution is 4.97. The first-order valence-corrected chi connectivity index (χ1v) is 15.3. The molecule has 0 fully saturated rings. The summed E-state index contributed by atoms with van der Waals surface area (Å²) in [6.07, 6.45) is 39.5. The van der Waals surface area contributed by atoms with Crippen molar-refractivity contribution >= 4 is 0 Å². The molecule has 0 aromatic heterocycles. The van der Waals surface area contributed by atoms with Gasteiger partial charge in [0.1, 0.15) is 0 Å². The standard InChI is InChI=1S/3C9H16O.C8H12.C4H6.CH4O/c1-4-6-7-8-9(5-2)10-3;2*1-3-4-5-6-7-8-9-10-2;1-3-5-7-8-6-4-2;1-3-4-2;1-2/h4-5,9H,1-2,6-8H2,3H3;2*3,7-8H,1,4-6,9H2,2H3;3-5,7H,1-2,6,8H2;3-4H,1-2H2;2H,1H3/b;8-7+;8-7-;7-5+;;. The van der Waals surface area contributed by atoms with Crippen LogP contribution in [0.1, 0.15) is 70.6 Å². The third-order valence-corrected chi connectivity index (χ3v) is 4.86. The van der Waals surface area contributed by atoms with Crippen LogP contribution in [0.5, 0.6) is 0 Å². The lowest BCUT2D eigenvalue weighted by molar-refractivity contribution is 0.132. The van der Waals surface area contributed by atoms with Crippen molar-refractivity contribution in [3.8, 4) is 0 Å². The highest BCUT2D eigenvalue weighted by Gasteiger charge is 1.98. The average molecular weight is 615 g/mol. The van der Waals surface area contributed by atoms with Gasteiger partial charge in [0.2, 0.25) is 0 Å². The lowest BCUT2D eigenvalue weighted by atomic mass is 10.1. The smallest absolute Gasteiger partial charge is 0.0749 e. The van der Waals surface area contributed by atoms with E-state index in [9.17, 15) is 0 Å². The summed E-state index contributed by atoms with van der Waals surface area (Å²) in [6, 6.07) is 0. The van der Waals surface area contributed by atoms with Crippen molar-refractivity contribution in [3.63, 3.8) is 0 Å². The van der Waals surface area contributed by atoms with Crippen LogP contribution in [-0.4, -0.2) is 52.9 Å². The number of rotatable bonds is 23. The number of methoxy groups -OCH3 is 3. The molecule has 0 saturated heterocycles. The molecule has 0 aromatic carbocycles. The molecule has 4 heteroatoms. The van der Waals surface area contributed by atoms with Crippen LogP contribution in [0, 0.1) is 0 Å². The highest BCUT2D eigenvalue weighted by Crippen LogP contribution is 2.04. The quantitative estimate of drug-likeness (QED) is 0.0706. The molecule has 0 bridgehead atoms. The van der Waals surface area contributed by atoms with Crippen molar-refractivity contribution in [3.05, 3.63) is 138 Å². The number of unbranched alkanes of at least 4 members (excludes halogenated alkanes) is 6. The van der Waals surface area contributed by atoms with Gasteiger partial charge in [0.25, 0.3) is 0 Å². The van der Waals surface area contributed by atoms with Gasteiger partial charge in [-0.3, -0.25) is 0 Å². The molecular formula is C40H70O4. The molecule has 0 spiro atoms. The molecule has 0 radical (unpaired) electrons. The van der Waals surface area contributed by atoms with Crippen molar-refractivity contribution in [1.82, 2.24) is 0 Å². The Hall–Kier alpha value is -3.02. The molecule has 0 aliphatic heterocycles. The second kappa shape index (κ2) is 67.6. The number of aliphatic hydroxyl groups is 1. The van der Waals surface area contributed by atoms with E-state index in [4.69, 9.17) is 19.3 Å². The van der Waals surface area contributed by atoms with Crippen molar-refractivity contribution in [2.24, 2.45) is 0 Å². The summed E-state index contributed by atoms with van der Waals surface area (Å²) in [5, 5.41) is 7.00. The molecule has 1 unspecified atom stereocenters. The van der Waals surface area contributed by atoms with Gasteiger partial charge in [-0.2, -0.15) is 0 Å². The van der Waals surface area contributed by atoms with Crippen LogP contribution in [0.15, 0.2) is 138 Å². The van der Waals surface area contributed by atoms with Gasteiger partial charge in [-0.15, -0.1) is 32.9 Å². The molecule has 0 heterocycles. The first kappa shape index (κ1) is 53.5. The maximum Gasteiger partial charge on any atom is 0.0749 e. The molecule has 1 N–H and O–H groups in total. The summed E-state index contributed by atoms with van der Waals surface area (Å²) < 4.78 is 14.8. The van der Waals surface area contributed by atoms with Gasteiger partial charge in [0, 0.05) is 28.4 Å². The van der Waals surface area contributed by atoms with Crippen LogP contribution in [0.3, 0.4) is 0 Å². The number of ether oxygens (including phenoxy) is 3. The minimum atomic E-state index is 0.222. The zero-order valence-corrected chi connectivity index (χ0v) is 29.2. The fourth-order valence-corrected chi connectivity index (χ4v) is 2.53. The molecule has 0 aromatic rings. The second-order valence-corrected chi connectivity index (χ2v) is 8.52. The van der Waals surface area contributed by atoms with Crippen LogP contribution >= 0.6 is 0 Å². The first-order chi connectivity index (χ1) is 21.5. The molecule has 0 saturated carbocycles. The molecular weight excluding hydrogens is 544 g/mol. The predicted octanol–water partition coefficient (Wildman–Crippen LogP) is 11.3. The Labute approximate surface area is 275 Å². The number of allylic oxidation sites excluding steroid dienone is 11. The topological polar surface area (TPSA) is 47.9 Å². The van der Waals surface area contributed by atoms with E-state index < -0.39 is 0 Å². The molecule has 0 rings (SSSR count). The summed E-state index contributed by atoms with van der Waals surface area (Å²) in [7, 11) is 6.11. The summed E-state index contributed by atoms with van der Waals surface area (Å²) in [5.74, 6) is 0. The Morgan fingerprint density at radius 1 is 0.500 bits per heavy atom. The Morgan fingerprint density at radius 3 is 1.25 bits per heavy atom. The van der Waals surface area contributed by atoms with Gasteiger partial charge in [-0.25, -0.2) is 0 Å². The predicted molar refractivity (Wildman–Crippen MR) is 202 cm³/mol. The maximum atomic E-state index is 7.00. The van der Waals surface area contributed by atoms with Gasteiger partial charge in [-0.05, 0) is 70.6 Å². The fraction of sp³-hybridized carbons (Fsp3) is 0.450. The number of hydrogen-bond donors (Lipinski definition) is 1. The summed E-state index contributed by atoms with van der Waals surface area (Å²) in [6.45, 7) is 29.9. The van der Waals surface area contributed by atoms with E-state index in [1.54, 1.807) is 39.6 Å². The van der Waals surface area contributed by atoms with E-state index in [-0.39, 0.29) is 6.10 Å². The van der Waals surface area contributed by atoms with Gasteiger partial charge in [-0.1, -0.05) is 105 Å². The summed E-state index contributed by atoms with van der Waals surface area (Å²) >= 11 is 0. The zero-order chi connectivity index (χ0) is 34.8. The first-order valence-electron chi connectivity index (χ1n) is 15.3. The fourth-order valence-electron chi connectivity index (χ4n) is 2.53. The third-order valence-electron chi connectivity index (χ3n) is 4.86. The third kappa shape index (κ3) is 83.3. The van der Waals surface area contributed by atoms with Crippen molar-refractivity contribution < 1.29 is 19.3 Å². The summed E-state index contributed by atoms with van der Waals surface area (Å²) in [5.41, 5.74) is 0. The highest BCUT2D eigenvalue weighted by atomic mass is 16.5. The van der Waals surface area contributed by atoms with E-state index in [1.807, 2.05) is 48.6 Å². The van der Waals surface area contributed by atoms with Crippen molar-refractivity contribution in [2.75, 3.05) is 41.7 Å². The Kier molecular flexibility index (Phi) is 82.2. The maximum absolute atomic E-state index is 7.00. The normalized spacial score (nSPS) is 9.93. The van der Waals surface area contributed by atoms with E-state index in [0.717, 1.165) is 78.1 Å². The van der Waals surface area contributed by atoms with Crippen LogP contribution in [0.2, 0.25) is 0 Å². The lowest BCUT2D eigenvalue weighted by Crippen LogP contribution is -2.05. The minimum absolute atomic E-state index is 0.222. The average Bonchev–Trinajstić information content (AvgIpc) is 3.07. The van der Waals surface area contributed by atoms with E-state index in [1.165, 1.54) is 12.8 Å². The molecule has 254 valence electrons. The molecule has 0 aliphatic carbocycles. The Balaban J connectivity index is -0.000000103. The van der Waals surface area contributed by atoms with Crippen LogP contribution in [0.4, 0.5) is 0 Å². The van der Waals surface area contributed by atoms with Crippen LogP contribution < -0.4 is 0 Å². The van der Waals surface area contributed by atoms with Gasteiger partial charge in [0.05, 0.1) is 19.3 Å². The minimum Gasteiger partial charge on any atom is -0.400 e. The van der Waals surface area contributed by atoms with Gasteiger partial charge < -0.3 is 19.3 Å². The second-order valence-electron chi connectivity index (χ2n) is 8.52. The monoisotopic (exact) mass is 615 g/mol. The van der Waals surface area contributed by atoms with Crippen molar-refractivity contribution in [1.29, 1.82) is 0 Å². The lowest BCUT2D eigenvalue weighted by Gasteiger charge is -2.07. The molecule has 44 heavy (non-hydrogen) atoms. The van der Waals surface area contributed by atoms with Crippen LogP contribution in [0.25, 0.3) is 0 Å². The SMILES string of the molecule is C=C/C=C/CCC=C.C=CC=C.C=CCCC/C=C/COC.C=CCCC/C=C\COC.C=CCCCC(C=C)OC.CO. The largest absolute Gasteiger partial charge is 0.400 e. The van der Waals surface area contributed by atoms with Crippen LogP contribution in [-0.2, 0) is 14.2 Å². The molecule has 0 amide bonds.